The van der Waals surface area contributed by atoms with E-state index in [4.69, 9.17) is 0 Å². The van der Waals surface area contributed by atoms with E-state index in [1.165, 1.54) is 6.42 Å². The zero-order valence-corrected chi connectivity index (χ0v) is 8.30. The summed E-state index contributed by atoms with van der Waals surface area (Å²) in [7, 11) is 1.88. The molecule has 0 amide bonds. The minimum Gasteiger partial charge on any atom is -0.394 e. The van der Waals surface area contributed by atoms with Crippen molar-refractivity contribution in [3.8, 4) is 0 Å². The Morgan fingerprint density at radius 3 is 2.67 bits per heavy atom. The number of allylic oxidation sites excluding steroid dienone is 4. The predicted octanol–water partition coefficient (Wildman–Crippen LogP) is 2.88. The van der Waals surface area contributed by atoms with Crippen molar-refractivity contribution in [2.24, 2.45) is 5.92 Å². The van der Waals surface area contributed by atoms with Crippen LogP contribution < -0.4 is 5.32 Å². The number of rotatable bonds is 5. The van der Waals surface area contributed by atoms with Gasteiger partial charge in [-0.05, 0) is 23.8 Å². The average Bonchev–Trinajstić information content (AvgIpc) is 2.10. The molecule has 0 spiro atoms. The van der Waals surface area contributed by atoms with Gasteiger partial charge in [0.05, 0.1) is 0 Å². The molecule has 0 bridgehead atoms. The molecule has 1 heteroatoms. The van der Waals surface area contributed by atoms with Gasteiger partial charge in [-0.2, -0.15) is 0 Å². The number of hydrogen-bond acceptors (Lipinski definition) is 1. The van der Waals surface area contributed by atoms with E-state index in [1.807, 2.05) is 19.3 Å². The molecule has 1 N–H and O–H groups in total. The second kappa shape index (κ2) is 6.71. The van der Waals surface area contributed by atoms with Crippen molar-refractivity contribution in [3.05, 3.63) is 36.6 Å². The minimum absolute atomic E-state index is 0.643. The van der Waals surface area contributed by atoms with Crippen molar-refractivity contribution in [1.82, 2.24) is 5.32 Å². The fourth-order valence-electron chi connectivity index (χ4n) is 0.670. The van der Waals surface area contributed by atoms with E-state index in [-0.39, 0.29) is 0 Å². The molecule has 0 heterocycles. The van der Waals surface area contributed by atoms with Gasteiger partial charge in [0.2, 0.25) is 0 Å². The van der Waals surface area contributed by atoms with Crippen LogP contribution in [0.2, 0.25) is 0 Å². The second-order valence-electron chi connectivity index (χ2n) is 2.94. The van der Waals surface area contributed by atoms with Crippen LogP contribution in [0.4, 0.5) is 0 Å². The largest absolute Gasteiger partial charge is 0.394 e. The Balaban J connectivity index is 3.83. The van der Waals surface area contributed by atoms with Crippen LogP contribution in [0, 0.1) is 5.92 Å². The van der Waals surface area contributed by atoms with E-state index < -0.39 is 0 Å². The Labute approximate surface area is 75.9 Å². The fraction of sp³-hybridized carbons (Fsp3) is 0.455. The molecule has 0 radical (unpaired) electrons. The predicted molar refractivity (Wildman–Crippen MR) is 55.9 cm³/mol. The Morgan fingerprint density at radius 1 is 1.50 bits per heavy atom. The highest BCUT2D eigenvalue weighted by Crippen LogP contribution is 2.04. The van der Waals surface area contributed by atoms with Crippen LogP contribution in [-0.2, 0) is 0 Å². The maximum atomic E-state index is 3.88. The summed E-state index contributed by atoms with van der Waals surface area (Å²) in [5, 5.41) is 2.92. The zero-order chi connectivity index (χ0) is 9.40. The van der Waals surface area contributed by atoms with Crippen LogP contribution >= 0.6 is 0 Å². The van der Waals surface area contributed by atoms with Crippen LogP contribution in [0.1, 0.15) is 20.3 Å². The van der Waals surface area contributed by atoms with E-state index in [0.717, 1.165) is 5.57 Å². The molecule has 0 aromatic rings. The smallest absolute Gasteiger partial charge is 0.00277 e. The first-order valence-corrected chi connectivity index (χ1v) is 4.41. The third-order valence-electron chi connectivity index (χ3n) is 1.75. The lowest BCUT2D eigenvalue weighted by Gasteiger charge is -1.98. The molecule has 0 rings (SSSR count). The highest BCUT2D eigenvalue weighted by atomic mass is 14.8. The molecule has 0 saturated heterocycles. The summed E-state index contributed by atoms with van der Waals surface area (Å²) in [5.74, 6) is 0.643. The summed E-state index contributed by atoms with van der Waals surface area (Å²) >= 11 is 0. The maximum Gasteiger partial charge on any atom is 0.00277 e. The van der Waals surface area contributed by atoms with Crippen LogP contribution in [0.15, 0.2) is 36.6 Å². The van der Waals surface area contributed by atoms with Gasteiger partial charge in [0, 0.05) is 7.05 Å². The molecule has 0 saturated carbocycles. The summed E-state index contributed by atoms with van der Waals surface area (Å²) < 4.78 is 0. The highest BCUT2D eigenvalue weighted by molar-refractivity contribution is 5.27. The van der Waals surface area contributed by atoms with Gasteiger partial charge in [-0.1, -0.05) is 39.0 Å². The normalized spacial score (nSPS) is 13.9. The van der Waals surface area contributed by atoms with E-state index >= 15 is 0 Å². The van der Waals surface area contributed by atoms with Crippen LogP contribution in [-0.4, -0.2) is 7.05 Å². The van der Waals surface area contributed by atoms with Gasteiger partial charge in [0.1, 0.15) is 0 Å². The van der Waals surface area contributed by atoms with Crippen LogP contribution in [0.5, 0.6) is 0 Å². The Kier molecular flexibility index (Phi) is 6.16. The van der Waals surface area contributed by atoms with Crippen molar-refractivity contribution in [3.63, 3.8) is 0 Å². The Bertz CT molecular complexity index is 177. The molecule has 0 fully saturated rings. The van der Waals surface area contributed by atoms with Crippen molar-refractivity contribution < 1.29 is 0 Å². The summed E-state index contributed by atoms with van der Waals surface area (Å²) in [6.45, 7) is 8.27. The second-order valence-corrected chi connectivity index (χ2v) is 2.94. The molecule has 12 heavy (non-hydrogen) atoms. The van der Waals surface area contributed by atoms with Crippen molar-refractivity contribution in [1.29, 1.82) is 0 Å². The van der Waals surface area contributed by atoms with Gasteiger partial charge in [0.25, 0.3) is 0 Å². The SMILES string of the molecule is C=C(/C=C\NC)/C=C\C(C)CC. The standard InChI is InChI=1S/C11H19N/c1-5-10(2)6-7-11(3)8-9-12-4/h6-10,12H,3,5H2,1-2,4H3/b7-6-,9-8-. The molecule has 0 aliphatic carbocycles. The lowest BCUT2D eigenvalue weighted by molar-refractivity contribution is 0.698. The highest BCUT2D eigenvalue weighted by Gasteiger charge is 1.89. The van der Waals surface area contributed by atoms with Gasteiger partial charge in [-0.15, -0.1) is 0 Å². The maximum absolute atomic E-state index is 3.88. The van der Waals surface area contributed by atoms with E-state index in [0.29, 0.717) is 5.92 Å². The summed E-state index contributed by atoms with van der Waals surface area (Å²) in [5.41, 5.74) is 1.03. The molecule has 0 aromatic carbocycles. The van der Waals surface area contributed by atoms with E-state index in [1.54, 1.807) is 0 Å². The molecule has 0 aliphatic heterocycles. The summed E-state index contributed by atoms with van der Waals surface area (Å²) in [6, 6.07) is 0. The van der Waals surface area contributed by atoms with Crippen LogP contribution in [0.3, 0.4) is 0 Å². The summed E-state index contributed by atoms with van der Waals surface area (Å²) in [4.78, 5) is 0. The summed E-state index contributed by atoms with van der Waals surface area (Å²) in [6.07, 6.45) is 9.26. The minimum atomic E-state index is 0.643. The lowest BCUT2D eigenvalue weighted by atomic mass is 10.1. The van der Waals surface area contributed by atoms with Crippen molar-refractivity contribution in [2.45, 2.75) is 20.3 Å². The first-order chi connectivity index (χ1) is 5.70. The molecule has 1 nitrogen and oxygen atoms in total. The average molecular weight is 165 g/mol. The van der Waals surface area contributed by atoms with E-state index in [9.17, 15) is 0 Å². The van der Waals surface area contributed by atoms with Crippen molar-refractivity contribution >= 4 is 0 Å². The van der Waals surface area contributed by atoms with Gasteiger partial charge >= 0.3 is 0 Å². The molecular weight excluding hydrogens is 146 g/mol. The lowest BCUT2D eigenvalue weighted by Crippen LogP contribution is -1.91. The third-order valence-corrected chi connectivity index (χ3v) is 1.75. The first-order valence-electron chi connectivity index (χ1n) is 4.41. The van der Waals surface area contributed by atoms with Gasteiger partial charge < -0.3 is 5.32 Å². The van der Waals surface area contributed by atoms with E-state index in [2.05, 4.69) is 37.9 Å². The molecule has 1 unspecified atom stereocenters. The number of nitrogens with one attached hydrogen (secondary N) is 1. The number of hydrogen-bond donors (Lipinski definition) is 1. The third kappa shape index (κ3) is 5.78. The Hall–Kier alpha value is -0.980. The zero-order valence-electron chi connectivity index (χ0n) is 8.30. The van der Waals surface area contributed by atoms with Crippen molar-refractivity contribution in [2.75, 3.05) is 7.05 Å². The van der Waals surface area contributed by atoms with Gasteiger partial charge in [-0.25, -0.2) is 0 Å². The molecule has 0 aliphatic rings. The quantitative estimate of drug-likeness (QED) is 0.618. The Morgan fingerprint density at radius 2 is 2.17 bits per heavy atom. The monoisotopic (exact) mass is 165 g/mol. The molecular formula is C11H19N. The molecule has 0 aromatic heterocycles. The topological polar surface area (TPSA) is 12.0 Å². The van der Waals surface area contributed by atoms with Gasteiger partial charge in [-0.3, -0.25) is 0 Å². The molecule has 1 atom stereocenters. The first kappa shape index (κ1) is 11.0. The van der Waals surface area contributed by atoms with Gasteiger partial charge in [0.15, 0.2) is 0 Å². The van der Waals surface area contributed by atoms with Crippen LogP contribution in [0.25, 0.3) is 0 Å². The molecule has 68 valence electrons. The fourth-order valence-corrected chi connectivity index (χ4v) is 0.670.